The van der Waals surface area contributed by atoms with E-state index in [2.05, 4.69) is 22.2 Å². The van der Waals surface area contributed by atoms with Crippen LogP contribution in [0.1, 0.15) is 26.7 Å². The molecule has 0 spiro atoms. The van der Waals surface area contributed by atoms with Crippen molar-refractivity contribution in [1.82, 2.24) is 9.97 Å². The van der Waals surface area contributed by atoms with Gasteiger partial charge in [-0.2, -0.15) is 4.98 Å². The Morgan fingerprint density at radius 1 is 1.61 bits per heavy atom. The van der Waals surface area contributed by atoms with Crippen LogP contribution in [0.3, 0.4) is 0 Å². The van der Waals surface area contributed by atoms with E-state index in [0.717, 1.165) is 25.9 Å². The first kappa shape index (κ1) is 13.4. The van der Waals surface area contributed by atoms with Crippen LogP contribution in [0.2, 0.25) is 5.02 Å². The van der Waals surface area contributed by atoms with E-state index in [1.165, 1.54) is 0 Å². The smallest absolute Gasteiger partial charge is 0.224 e. The highest BCUT2D eigenvalue weighted by molar-refractivity contribution is 6.32. The highest BCUT2D eigenvalue weighted by atomic mass is 35.5. The minimum atomic E-state index is -0.661. The van der Waals surface area contributed by atoms with Gasteiger partial charge < -0.3 is 15.3 Å². The Hall–Kier alpha value is -1.07. The lowest BCUT2D eigenvalue weighted by Crippen LogP contribution is -2.30. The third-order valence-corrected chi connectivity index (χ3v) is 3.28. The van der Waals surface area contributed by atoms with Crippen LogP contribution < -0.4 is 10.2 Å². The summed E-state index contributed by atoms with van der Waals surface area (Å²) in [5, 5.41) is 13.6. The lowest BCUT2D eigenvalue weighted by Gasteiger charge is -2.21. The average Bonchev–Trinajstić information content (AvgIpc) is 2.68. The molecule has 0 saturated carbocycles. The molecule has 0 radical (unpaired) electrons. The first-order valence-electron chi connectivity index (χ1n) is 6.25. The van der Waals surface area contributed by atoms with E-state index in [9.17, 15) is 5.11 Å². The van der Waals surface area contributed by atoms with Crippen molar-refractivity contribution in [3.8, 4) is 0 Å². The van der Waals surface area contributed by atoms with Gasteiger partial charge in [-0.15, -0.1) is 0 Å². The zero-order chi connectivity index (χ0) is 13.2. The summed E-state index contributed by atoms with van der Waals surface area (Å²) in [4.78, 5) is 10.6. The number of rotatable bonds is 4. The standard InChI is InChI=1S/C12H19ClN4O/c1-3-5-14-11-15-7-9(13)10(16-11)17-6-4-12(2,18)8-17/h7,18H,3-6,8H2,1-2H3,(H,14,15,16). The predicted octanol–water partition coefficient (Wildman–Crippen LogP) is 1.91. The quantitative estimate of drug-likeness (QED) is 0.875. The SMILES string of the molecule is CCCNc1ncc(Cl)c(N2CCC(C)(O)C2)n1. The molecule has 1 saturated heterocycles. The van der Waals surface area contributed by atoms with Gasteiger partial charge in [-0.25, -0.2) is 4.98 Å². The number of halogens is 1. The van der Waals surface area contributed by atoms with Crippen LogP contribution in [-0.4, -0.2) is 40.3 Å². The van der Waals surface area contributed by atoms with Gasteiger partial charge in [0, 0.05) is 19.6 Å². The Bertz CT molecular complexity index is 425. The highest BCUT2D eigenvalue weighted by Gasteiger charge is 2.33. The fourth-order valence-corrected chi connectivity index (χ4v) is 2.24. The van der Waals surface area contributed by atoms with E-state index in [-0.39, 0.29) is 0 Å². The molecule has 1 aliphatic heterocycles. The number of aliphatic hydroxyl groups is 1. The maximum atomic E-state index is 9.98. The molecule has 2 N–H and O–H groups in total. The van der Waals surface area contributed by atoms with Crippen LogP contribution in [-0.2, 0) is 0 Å². The normalized spacial score (nSPS) is 23.4. The van der Waals surface area contributed by atoms with Gasteiger partial charge in [0.2, 0.25) is 5.95 Å². The van der Waals surface area contributed by atoms with Crippen molar-refractivity contribution >= 4 is 23.4 Å². The molecule has 0 amide bonds. The average molecular weight is 271 g/mol. The molecule has 2 rings (SSSR count). The van der Waals surface area contributed by atoms with Crippen LogP contribution in [0.25, 0.3) is 0 Å². The van der Waals surface area contributed by atoms with Crippen molar-refractivity contribution in [1.29, 1.82) is 0 Å². The summed E-state index contributed by atoms with van der Waals surface area (Å²) >= 11 is 6.13. The Balaban J connectivity index is 2.16. The van der Waals surface area contributed by atoms with Gasteiger partial charge in [0.1, 0.15) is 5.02 Å². The molecule has 100 valence electrons. The summed E-state index contributed by atoms with van der Waals surface area (Å²) in [6.45, 7) is 6.06. The predicted molar refractivity (Wildman–Crippen MR) is 73.3 cm³/mol. The lowest BCUT2D eigenvalue weighted by atomic mass is 10.1. The number of anilines is 2. The van der Waals surface area contributed by atoms with Gasteiger partial charge in [-0.3, -0.25) is 0 Å². The number of nitrogens with one attached hydrogen (secondary N) is 1. The van der Waals surface area contributed by atoms with Crippen LogP contribution in [0.15, 0.2) is 6.20 Å². The number of hydrogen-bond donors (Lipinski definition) is 2. The zero-order valence-corrected chi connectivity index (χ0v) is 11.5. The monoisotopic (exact) mass is 270 g/mol. The summed E-state index contributed by atoms with van der Waals surface area (Å²) in [6, 6.07) is 0. The molecule has 0 bridgehead atoms. The molecule has 1 aromatic heterocycles. The van der Waals surface area contributed by atoms with Crippen LogP contribution in [0.5, 0.6) is 0 Å². The van der Waals surface area contributed by atoms with Crippen molar-refractivity contribution in [3.05, 3.63) is 11.2 Å². The molecule has 1 atom stereocenters. The molecule has 1 aromatic rings. The fraction of sp³-hybridized carbons (Fsp3) is 0.667. The third kappa shape index (κ3) is 3.03. The topological polar surface area (TPSA) is 61.3 Å². The van der Waals surface area contributed by atoms with Gasteiger partial charge in [0.05, 0.1) is 11.8 Å². The maximum Gasteiger partial charge on any atom is 0.224 e. The summed E-state index contributed by atoms with van der Waals surface area (Å²) in [5.41, 5.74) is -0.661. The molecule has 1 unspecified atom stereocenters. The summed E-state index contributed by atoms with van der Waals surface area (Å²) < 4.78 is 0. The van der Waals surface area contributed by atoms with E-state index in [1.54, 1.807) is 6.20 Å². The molecule has 6 heteroatoms. The summed E-state index contributed by atoms with van der Waals surface area (Å²) in [6.07, 6.45) is 3.35. The Kier molecular flexibility index (Phi) is 3.92. The van der Waals surface area contributed by atoms with Gasteiger partial charge in [-0.1, -0.05) is 18.5 Å². The molecule has 1 fully saturated rings. The van der Waals surface area contributed by atoms with E-state index >= 15 is 0 Å². The van der Waals surface area contributed by atoms with E-state index in [1.807, 2.05) is 11.8 Å². The van der Waals surface area contributed by atoms with Crippen LogP contribution >= 0.6 is 11.6 Å². The van der Waals surface area contributed by atoms with Crippen molar-refractivity contribution in [2.75, 3.05) is 29.9 Å². The molecule has 18 heavy (non-hydrogen) atoms. The first-order valence-corrected chi connectivity index (χ1v) is 6.63. The number of hydrogen-bond acceptors (Lipinski definition) is 5. The minimum absolute atomic E-state index is 0.523. The van der Waals surface area contributed by atoms with Gasteiger partial charge in [0.15, 0.2) is 5.82 Å². The number of aromatic nitrogens is 2. The molecular weight excluding hydrogens is 252 g/mol. The summed E-state index contributed by atoms with van der Waals surface area (Å²) in [7, 11) is 0. The molecule has 0 aromatic carbocycles. The van der Waals surface area contributed by atoms with Gasteiger partial charge in [0.25, 0.3) is 0 Å². The molecular formula is C12H19ClN4O. The maximum absolute atomic E-state index is 9.98. The van der Waals surface area contributed by atoms with Crippen LogP contribution in [0, 0.1) is 0 Å². The Morgan fingerprint density at radius 2 is 2.39 bits per heavy atom. The van der Waals surface area contributed by atoms with Gasteiger partial charge >= 0.3 is 0 Å². The van der Waals surface area contributed by atoms with Crippen molar-refractivity contribution in [2.24, 2.45) is 0 Å². The second kappa shape index (κ2) is 5.28. The van der Waals surface area contributed by atoms with E-state index in [4.69, 9.17) is 11.6 Å². The number of nitrogens with zero attached hydrogens (tertiary/aromatic N) is 3. The van der Waals surface area contributed by atoms with Gasteiger partial charge in [-0.05, 0) is 19.8 Å². The zero-order valence-electron chi connectivity index (χ0n) is 10.8. The third-order valence-electron chi connectivity index (χ3n) is 3.01. The Morgan fingerprint density at radius 3 is 3.00 bits per heavy atom. The van der Waals surface area contributed by atoms with Crippen molar-refractivity contribution in [3.63, 3.8) is 0 Å². The highest BCUT2D eigenvalue weighted by Crippen LogP contribution is 2.30. The minimum Gasteiger partial charge on any atom is -0.388 e. The summed E-state index contributed by atoms with van der Waals surface area (Å²) in [5.74, 6) is 1.28. The first-order chi connectivity index (χ1) is 8.52. The second-order valence-electron chi connectivity index (χ2n) is 4.96. The van der Waals surface area contributed by atoms with E-state index < -0.39 is 5.60 Å². The van der Waals surface area contributed by atoms with Crippen LogP contribution in [0.4, 0.5) is 11.8 Å². The molecule has 2 heterocycles. The second-order valence-corrected chi connectivity index (χ2v) is 5.37. The lowest BCUT2D eigenvalue weighted by molar-refractivity contribution is 0.0839. The van der Waals surface area contributed by atoms with Crippen molar-refractivity contribution < 1.29 is 5.11 Å². The molecule has 1 aliphatic rings. The molecule has 0 aliphatic carbocycles. The van der Waals surface area contributed by atoms with E-state index in [0.29, 0.717) is 23.3 Å². The number of β-amino-alcohol motifs (C(OH)–C–C–N with tert-alkyl or cyclic N) is 1. The Labute approximate surface area is 112 Å². The molecule has 5 nitrogen and oxygen atoms in total. The fourth-order valence-electron chi connectivity index (χ4n) is 2.03. The largest absolute Gasteiger partial charge is 0.388 e. The van der Waals surface area contributed by atoms with Crippen molar-refractivity contribution in [2.45, 2.75) is 32.3 Å².